The van der Waals surface area contributed by atoms with E-state index in [1.54, 1.807) is 6.20 Å². The summed E-state index contributed by atoms with van der Waals surface area (Å²) in [5.74, 6) is 0.287. The third kappa shape index (κ3) is 3.46. The fraction of sp³-hybridized carbons (Fsp3) is 0.138. The summed E-state index contributed by atoms with van der Waals surface area (Å²) in [6.07, 6.45) is 3.97. The molecule has 3 aromatic carbocycles. The van der Waals surface area contributed by atoms with Gasteiger partial charge in [0, 0.05) is 34.5 Å². The first kappa shape index (κ1) is 20.4. The SMILES string of the molecule is O=C(Cc1ccc(Nc2ccnc3[nH]c(=O)c4ccccc4c23)cc1)C1(c2ccccc2)CC1. The van der Waals surface area contributed by atoms with Gasteiger partial charge in [-0.1, -0.05) is 60.7 Å². The number of aromatic amines is 1. The third-order valence-corrected chi connectivity index (χ3v) is 6.83. The number of carbonyl (C=O) groups excluding carboxylic acids is 1. The van der Waals surface area contributed by atoms with Crippen LogP contribution in [0.3, 0.4) is 0 Å². The summed E-state index contributed by atoms with van der Waals surface area (Å²) in [6.45, 7) is 0. The minimum absolute atomic E-state index is 0.147. The lowest BCUT2D eigenvalue weighted by Gasteiger charge is -2.15. The highest BCUT2D eigenvalue weighted by molar-refractivity contribution is 6.10. The quantitative estimate of drug-likeness (QED) is 0.331. The van der Waals surface area contributed by atoms with Gasteiger partial charge in [-0.05, 0) is 48.2 Å². The zero-order valence-electron chi connectivity index (χ0n) is 18.5. The van der Waals surface area contributed by atoms with Crippen molar-refractivity contribution in [1.82, 2.24) is 9.97 Å². The second-order valence-electron chi connectivity index (χ2n) is 8.95. The van der Waals surface area contributed by atoms with Gasteiger partial charge in [0.25, 0.3) is 5.56 Å². The number of H-pyrrole nitrogens is 1. The molecule has 1 aliphatic rings. The zero-order chi connectivity index (χ0) is 23.1. The largest absolute Gasteiger partial charge is 0.355 e. The average molecular weight is 446 g/mol. The number of benzene rings is 3. The molecule has 1 saturated carbocycles. The molecule has 0 aliphatic heterocycles. The Morgan fingerprint density at radius 1 is 0.882 bits per heavy atom. The number of nitrogens with zero attached hydrogens (tertiary/aromatic N) is 1. The van der Waals surface area contributed by atoms with Gasteiger partial charge in [0.1, 0.15) is 11.4 Å². The van der Waals surface area contributed by atoms with Gasteiger partial charge in [-0.2, -0.15) is 0 Å². The molecule has 6 rings (SSSR count). The first-order chi connectivity index (χ1) is 16.6. The van der Waals surface area contributed by atoms with Crippen molar-refractivity contribution in [2.45, 2.75) is 24.7 Å². The number of nitrogens with one attached hydrogen (secondary N) is 2. The van der Waals surface area contributed by atoms with E-state index in [2.05, 4.69) is 27.4 Å². The van der Waals surface area contributed by atoms with Crippen LogP contribution in [-0.4, -0.2) is 15.8 Å². The summed E-state index contributed by atoms with van der Waals surface area (Å²) in [6, 6.07) is 27.6. The van der Waals surface area contributed by atoms with Crippen molar-refractivity contribution in [3.63, 3.8) is 0 Å². The molecule has 166 valence electrons. The van der Waals surface area contributed by atoms with E-state index in [9.17, 15) is 9.59 Å². The van der Waals surface area contributed by atoms with Crippen LogP contribution in [-0.2, 0) is 16.6 Å². The number of carbonyl (C=O) groups is 1. The number of Topliss-reactive ketones (excluding diaryl/α,β-unsaturated/α-hetero) is 1. The molecule has 0 amide bonds. The number of hydrogen-bond donors (Lipinski definition) is 2. The second kappa shape index (κ2) is 7.96. The summed E-state index contributed by atoms with van der Waals surface area (Å²) < 4.78 is 0. The molecule has 2 N–H and O–H groups in total. The average Bonchev–Trinajstić information content (AvgIpc) is 3.68. The summed E-state index contributed by atoms with van der Waals surface area (Å²) in [5.41, 5.74) is 4.01. The maximum Gasteiger partial charge on any atom is 0.257 e. The van der Waals surface area contributed by atoms with Crippen LogP contribution in [0.15, 0.2) is 95.9 Å². The molecule has 5 aromatic rings. The molecule has 5 nitrogen and oxygen atoms in total. The molecule has 0 atom stereocenters. The van der Waals surface area contributed by atoms with Crippen LogP contribution in [0.5, 0.6) is 0 Å². The van der Waals surface area contributed by atoms with Gasteiger partial charge in [0.15, 0.2) is 0 Å². The van der Waals surface area contributed by atoms with E-state index >= 15 is 0 Å². The van der Waals surface area contributed by atoms with Gasteiger partial charge >= 0.3 is 0 Å². The zero-order valence-corrected chi connectivity index (χ0v) is 18.5. The monoisotopic (exact) mass is 445 g/mol. The molecular formula is C29H23N3O2. The lowest BCUT2D eigenvalue weighted by molar-refractivity contribution is -0.120. The van der Waals surface area contributed by atoms with E-state index in [4.69, 9.17) is 0 Å². The Morgan fingerprint density at radius 3 is 2.32 bits per heavy atom. The number of anilines is 2. The normalized spacial score (nSPS) is 14.2. The van der Waals surface area contributed by atoms with Gasteiger partial charge < -0.3 is 10.3 Å². The standard InChI is InChI=1S/C29H23N3O2/c33-25(29(15-16-29)20-6-2-1-3-7-20)18-19-10-12-21(13-11-19)31-24-14-17-30-27-26(24)22-8-4-5-9-23(22)28(34)32-27/h1-14,17H,15-16,18H2,(H2,30,31,32,34). The predicted molar refractivity (Wildman–Crippen MR) is 136 cm³/mol. The van der Waals surface area contributed by atoms with Crippen molar-refractivity contribution in [1.29, 1.82) is 0 Å². The van der Waals surface area contributed by atoms with Gasteiger partial charge in [-0.25, -0.2) is 4.98 Å². The Balaban J connectivity index is 1.26. The molecule has 1 fully saturated rings. The lowest BCUT2D eigenvalue weighted by atomic mass is 9.88. The van der Waals surface area contributed by atoms with Crippen molar-refractivity contribution in [3.05, 3.63) is 113 Å². The molecule has 2 aromatic heterocycles. The molecule has 0 bridgehead atoms. The van der Waals surface area contributed by atoms with E-state index in [0.717, 1.165) is 46.1 Å². The van der Waals surface area contributed by atoms with E-state index < -0.39 is 0 Å². The smallest absolute Gasteiger partial charge is 0.257 e. The highest BCUT2D eigenvalue weighted by Crippen LogP contribution is 2.49. The number of pyridine rings is 2. The molecule has 1 aliphatic carbocycles. The van der Waals surface area contributed by atoms with Gasteiger partial charge in [0.05, 0.1) is 11.1 Å². The van der Waals surface area contributed by atoms with E-state index in [1.165, 1.54) is 0 Å². The van der Waals surface area contributed by atoms with Crippen molar-refractivity contribution in [2.75, 3.05) is 5.32 Å². The first-order valence-corrected chi connectivity index (χ1v) is 11.5. The summed E-state index contributed by atoms with van der Waals surface area (Å²) in [4.78, 5) is 32.8. The second-order valence-corrected chi connectivity index (χ2v) is 8.95. The van der Waals surface area contributed by atoms with Crippen LogP contribution in [0.25, 0.3) is 21.8 Å². The molecule has 5 heteroatoms. The molecule has 34 heavy (non-hydrogen) atoms. The Labute approximate surface area is 196 Å². The van der Waals surface area contributed by atoms with E-state index in [-0.39, 0.29) is 16.8 Å². The molecular weight excluding hydrogens is 422 g/mol. The molecule has 0 saturated heterocycles. The number of rotatable bonds is 6. The van der Waals surface area contributed by atoms with Crippen LogP contribution in [0.1, 0.15) is 24.0 Å². The van der Waals surface area contributed by atoms with Crippen molar-refractivity contribution >= 4 is 39.0 Å². The maximum absolute atomic E-state index is 13.1. The fourth-order valence-electron chi connectivity index (χ4n) is 4.83. The minimum Gasteiger partial charge on any atom is -0.355 e. The summed E-state index contributed by atoms with van der Waals surface area (Å²) >= 11 is 0. The van der Waals surface area contributed by atoms with Crippen molar-refractivity contribution in [2.24, 2.45) is 0 Å². The third-order valence-electron chi connectivity index (χ3n) is 6.83. The highest BCUT2D eigenvalue weighted by atomic mass is 16.1. The Kier molecular flexibility index (Phi) is 4.77. The number of aromatic nitrogens is 2. The molecule has 0 radical (unpaired) electrons. The summed E-state index contributed by atoms with van der Waals surface area (Å²) in [5, 5.41) is 5.82. The van der Waals surface area contributed by atoms with Crippen LogP contribution < -0.4 is 10.9 Å². The van der Waals surface area contributed by atoms with Crippen LogP contribution in [0.4, 0.5) is 11.4 Å². The Hall–Kier alpha value is -4.25. The first-order valence-electron chi connectivity index (χ1n) is 11.5. The molecule has 0 spiro atoms. The number of ketones is 1. The number of hydrogen-bond acceptors (Lipinski definition) is 4. The van der Waals surface area contributed by atoms with Crippen molar-refractivity contribution in [3.8, 4) is 0 Å². The van der Waals surface area contributed by atoms with Crippen LogP contribution in [0.2, 0.25) is 0 Å². The fourth-order valence-corrected chi connectivity index (χ4v) is 4.83. The van der Waals surface area contributed by atoms with Gasteiger partial charge in [-0.15, -0.1) is 0 Å². The lowest BCUT2D eigenvalue weighted by Crippen LogP contribution is -2.22. The maximum atomic E-state index is 13.1. The van der Waals surface area contributed by atoms with E-state index in [1.807, 2.05) is 72.8 Å². The van der Waals surface area contributed by atoms with Gasteiger partial charge in [-0.3, -0.25) is 9.59 Å². The van der Waals surface area contributed by atoms with Crippen LogP contribution >= 0.6 is 0 Å². The van der Waals surface area contributed by atoms with Gasteiger partial charge in [0.2, 0.25) is 0 Å². The summed E-state index contributed by atoms with van der Waals surface area (Å²) in [7, 11) is 0. The van der Waals surface area contributed by atoms with Crippen molar-refractivity contribution < 1.29 is 4.79 Å². The Morgan fingerprint density at radius 2 is 1.59 bits per heavy atom. The van der Waals surface area contributed by atoms with Crippen LogP contribution in [0, 0.1) is 0 Å². The Bertz CT molecular complexity index is 1580. The topological polar surface area (TPSA) is 74.8 Å². The molecule has 0 unspecified atom stereocenters. The van der Waals surface area contributed by atoms with E-state index in [0.29, 0.717) is 17.5 Å². The minimum atomic E-state index is -0.299. The number of fused-ring (bicyclic) bond motifs is 3. The highest BCUT2D eigenvalue weighted by Gasteiger charge is 2.50. The molecule has 2 heterocycles. The predicted octanol–water partition coefficient (Wildman–Crippen LogP) is 5.66.